The van der Waals surface area contributed by atoms with E-state index in [4.69, 9.17) is 4.74 Å². The molecule has 7 atom stereocenters. The van der Waals surface area contributed by atoms with Crippen LogP contribution in [0.25, 0.3) is 10.9 Å². The molecule has 1 aromatic carbocycles. The zero-order chi connectivity index (χ0) is 27.7. The Labute approximate surface area is 221 Å². The molecular formula is C27H39FN4O6. The van der Waals surface area contributed by atoms with E-state index in [1.165, 1.54) is 12.1 Å². The van der Waals surface area contributed by atoms with Crippen LogP contribution in [0.2, 0.25) is 0 Å². The summed E-state index contributed by atoms with van der Waals surface area (Å²) >= 11 is 0. The third-order valence-electron chi connectivity index (χ3n) is 7.80. The number of nitrogens with zero attached hydrogens (tertiary/aromatic N) is 2. The maximum atomic E-state index is 14.3. The summed E-state index contributed by atoms with van der Waals surface area (Å²) in [4.78, 5) is 28.0. The Kier molecular flexibility index (Phi) is 8.73. The molecule has 5 N–H and O–H groups in total. The Hall–Kier alpha value is -2.57. The van der Waals surface area contributed by atoms with Gasteiger partial charge in [-0.1, -0.05) is 13.8 Å². The van der Waals surface area contributed by atoms with Crippen LogP contribution >= 0.6 is 0 Å². The first-order valence-corrected chi connectivity index (χ1v) is 13.3. The fourth-order valence-corrected chi connectivity index (χ4v) is 5.40. The van der Waals surface area contributed by atoms with Crippen LogP contribution in [0.1, 0.15) is 45.4 Å². The van der Waals surface area contributed by atoms with Gasteiger partial charge in [-0.25, -0.2) is 4.39 Å². The van der Waals surface area contributed by atoms with Crippen molar-refractivity contribution in [2.45, 2.75) is 82.7 Å². The van der Waals surface area contributed by atoms with Crippen molar-refractivity contribution in [3.8, 4) is 0 Å². The number of aliphatic hydroxyl groups is 3. The van der Waals surface area contributed by atoms with Crippen molar-refractivity contribution in [1.82, 2.24) is 20.1 Å². The van der Waals surface area contributed by atoms with E-state index < -0.39 is 42.4 Å². The zero-order valence-electron chi connectivity index (χ0n) is 22.3. The lowest BCUT2D eigenvalue weighted by molar-refractivity contribution is -0.209. The third-order valence-corrected chi connectivity index (χ3v) is 7.80. The molecule has 2 amide bonds. The predicted octanol–water partition coefficient (Wildman–Crippen LogP) is 0.674. The molecule has 2 aliphatic heterocycles. The van der Waals surface area contributed by atoms with Crippen molar-refractivity contribution in [3.05, 3.63) is 35.8 Å². The molecule has 1 unspecified atom stereocenters. The number of carbonyl (C=O) groups is 2. The largest absolute Gasteiger partial charge is 0.388 e. The second-order valence-electron chi connectivity index (χ2n) is 10.8. The van der Waals surface area contributed by atoms with E-state index in [-0.39, 0.29) is 30.4 Å². The highest BCUT2D eigenvalue weighted by atomic mass is 19.1. The van der Waals surface area contributed by atoms with E-state index in [1.54, 1.807) is 30.8 Å². The van der Waals surface area contributed by atoms with Gasteiger partial charge >= 0.3 is 0 Å². The average molecular weight is 535 g/mol. The van der Waals surface area contributed by atoms with Crippen LogP contribution in [0.15, 0.2) is 24.4 Å². The molecular weight excluding hydrogens is 495 g/mol. The van der Waals surface area contributed by atoms with Gasteiger partial charge in [-0.05, 0) is 62.9 Å². The second kappa shape index (κ2) is 11.7. The van der Waals surface area contributed by atoms with E-state index in [0.29, 0.717) is 18.5 Å². The van der Waals surface area contributed by atoms with Gasteiger partial charge in [0.2, 0.25) is 11.8 Å². The molecule has 0 radical (unpaired) electrons. The fraction of sp³-hybridized carbons (Fsp3) is 0.630. The number of aromatic nitrogens is 1. The Morgan fingerprint density at radius 2 is 1.92 bits per heavy atom. The molecule has 210 valence electrons. The van der Waals surface area contributed by atoms with Crippen molar-refractivity contribution >= 4 is 22.7 Å². The van der Waals surface area contributed by atoms with Crippen molar-refractivity contribution in [1.29, 1.82) is 0 Å². The topological polar surface area (TPSA) is 136 Å². The van der Waals surface area contributed by atoms with Crippen molar-refractivity contribution in [3.63, 3.8) is 0 Å². The number of rotatable bonds is 8. The monoisotopic (exact) mass is 534 g/mol. The van der Waals surface area contributed by atoms with Gasteiger partial charge in [0.05, 0.1) is 18.2 Å². The quantitative estimate of drug-likeness (QED) is 0.336. The summed E-state index contributed by atoms with van der Waals surface area (Å²) in [7, 11) is 1.69. The Bertz CT molecular complexity index is 1160. The van der Waals surface area contributed by atoms with E-state index in [9.17, 15) is 29.3 Å². The molecule has 4 rings (SSSR count). The van der Waals surface area contributed by atoms with Crippen LogP contribution in [-0.2, 0) is 20.7 Å². The normalized spacial score (nSPS) is 27.6. The third kappa shape index (κ3) is 5.57. The highest BCUT2D eigenvalue weighted by Gasteiger charge is 2.40. The maximum absolute atomic E-state index is 14.3. The van der Waals surface area contributed by atoms with Crippen LogP contribution in [0.5, 0.6) is 0 Å². The molecule has 0 bridgehead atoms. The summed E-state index contributed by atoms with van der Waals surface area (Å²) in [5.74, 6) is -0.928. The van der Waals surface area contributed by atoms with E-state index in [0.717, 1.165) is 23.8 Å². The van der Waals surface area contributed by atoms with Gasteiger partial charge in [0.15, 0.2) is 6.23 Å². The molecule has 10 nitrogen and oxygen atoms in total. The van der Waals surface area contributed by atoms with Crippen LogP contribution < -0.4 is 10.6 Å². The molecule has 0 aliphatic carbocycles. The summed E-state index contributed by atoms with van der Waals surface area (Å²) in [6, 6.07) is 3.15. The molecule has 0 saturated carbocycles. The van der Waals surface area contributed by atoms with Crippen LogP contribution in [-0.4, -0.2) is 93.2 Å². The van der Waals surface area contributed by atoms with Crippen LogP contribution in [0.4, 0.5) is 4.39 Å². The standard InChI is InChI=1S/C27H39FN4O6/c1-14(2)22(30-25(36)15(3)29-4)26(37)31-9-5-6-18(31)10-16-12-32(20-11-17(28)7-8-19(16)20)27-24(35)23(34)21(33)13-38-27/h7-8,11-12,14-15,18,21-24,27,29,33-35H,5-6,9-10,13H2,1-4H3,(H,30,36)/t15-,18-,21+,22-,23-,24+,27?/m0/s1. The summed E-state index contributed by atoms with van der Waals surface area (Å²) in [5.41, 5.74) is 1.33. The Morgan fingerprint density at radius 1 is 1.18 bits per heavy atom. The van der Waals surface area contributed by atoms with Gasteiger partial charge in [0.25, 0.3) is 0 Å². The predicted molar refractivity (Wildman–Crippen MR) is 139 cm³/mol. The number of halogens is 1. The lowest BCUT2D eigenvalue weighted by atomic mass is 9.99. The molecule has 11 heteroatoms. The molecule has 2 fully saturated rings. The number of nitrogens with one attached hydrogen (secondary N) is 2. The molecule has 2 aliphatic rings. The number of hydrogen-bond donors (Lipinski definition) is 5. The first-order chi connectivity index (χ1) is 18.0. The smallest absolute Gasteiger partial charge is 0.245 e. The number of amides is 2. The van der Waals surface area contributed by atoms with Crippen LogP contribution in [0, 0.1) is 11.7 Å². The first kappa shape index (κ1) is 28.4. The molecule has 1 aromatic heterocycles. The van der Waals surface area contributed by atoms with Crippen molar-refractivity contribution in [2.24, 2.45) is 5.92 Å². The molecule has 2 aromatic rings. The average Bonchev–Trinajstić information content (AvgIpc) is 3.49. The lowest BCUT2D eigenvalue weighted by Crippen LogP contribution is -2.55. The fourth-order valence-electron chi connectivity index (χ4n) is 5.40. The van der Waals surface area contributed by atoms with Gasteiger partial charge in [-0.2, -0.15) is 0 Å². The van der Waals surface area contributed by atoms with Crippen molar-refractivity contribution in [2.75, 3.05) is 20.2 Å². The zero-order valence-corrected chi connectivity index (χ0v) is 22.3. The summed E-state index contributed by atoms with van der Waals surface area (Å²) in [6.45, 7) is 5.95. The SMILES string of the molecule is CN[C@@H](C)C(=O)N[C@H](C(=O)N1CCC[C@H]1Cc1cn(C2OC[C@@H](O)[C@H](O)[C@H]2O)c2cc(F)ccc12)C(C)C. The van der Waals surface area contributed by atoms with Gasteiger partial charge in [0.1, 0.15) is 30.2 Å². The van der Waals surface area contributed by atoms with Gasteiger partial charge in [-0.3, -0.25) is 9.59 Å². The number of likely N-dealkylation sites (tertiary alicyclic amines) is 1. The van der Waals surface area contributed by atoms with Gasteiger partial charge in [-0.15, -0.1) is 0 Å². The summed E-state index contributed by atoms with van der Waals surface area (Å²) < 4.78 is 21.5. The Balaban J connectivity index is 1.60. The molecule has 2 saturated heterocycles. The minimum absolute atomic E-state index is 0.103. The first-order valence-electron chi connectivity index (χ1n) is 13.3. The van der Waals surface area contributed by atoms with Gasteiger partial charge < -0.3 is 40.2 Å². The highest BCUT2D eigenvalue weighted by molar-refractivity contribution is 5.90. The molecule has 38 heavy (non-hydrogen) atoms. The summed E-state index contributed by atoms with van der Waals surface area (Å²) in [6.07, 6.45) is -1.20. The number of aliphatic hydroxyl groups excluding tert-OH is 3. The minimum atomic E-state index is -1.41. The lowest BCUT2D eigenvalue weighted by Gasteiger charge is -2.36. The second-order valence-corrected chi connectivity index (χ2v) is 10.8. The van der Waals surface area contributed by atoms with E-state index >= 15 is 0 Å². The Morgan fingerprint density at radius 3 is 2.61 bits per heavy atom. The van der Waals surface area contributed by atoms with E-state index in [1.807, 2.05) is 18.7 Å². The number of likely N-dealkylation sites (N-methyl/N-ethyl adjacent to an activating group) is 1. The number of benzene rings is 1. The minimum Gasteiger partial charge on any atom is -0.388 e. The molecule has 3 heterocycles. The molecule has 0 spiro atoms. The number of hydrogen-bond acceptors (Lipinski definition) is 7. The maximum Gasteiger partial charge on any atom is 0.245 e. The number of ether oxygens (including phenoxy) is 1. The summed E-state index contributed by atoms with van der Waals surface area (Å²) in [5, 5.41) is 37.2. The van der Waals surface area contributed by atoms with E-state index in [2.05, 4.69) is 10.6 Å². The van der Waals surface area contributed by atoms with Gasteiger partial charge in [0, 0.05) is 24.2 Å². The van der Waals surface area contributed by atoms with Crippen molar-refractivity contribution < 1.29 is 34.0 Å². The van der Waals surface area contributed by atoms with Crippen LogP contribution in [0.3, 0.4) is 0 Å². The number of fused-ring (bicyclic) bond motifs is 1. The highest BCUT2D eigenvalue weighted by Crippen LogP contribution is 2.33. The number of carbonyl (C=O) groups excluding carboxylic acids is 2.